The molecule has 0 aliphatic heterocycles. The number of nitrogens with zero attached hydrogens (tertiary/aromatic N) is 1. The minimum Gasteiger partial charge on any atom is -0.323 e. The largest absolute Gasteiger partial charge is 0.323 e. The molecule has 48 valence electrons. The third kappa shape index (κ3) is 1.96. The van der Waals surface area contributed by atoms with Gasteiger partial charge in [0, 0.05) is 11.1 Å². The van der Waals surface area contributed by atoms with Gasteiger partial charge in [-0.05, 0) is 6.92 Å². The molecule has 0 aliphatic rings. The minimum atomic E-state index is 0.134. The van der Waals surface area contributed by atoms with Crippen molar-refractivity contribution in [1.82, 2.24) is 0 Å². The average molecular weight is 114 g/mol. The molecule has 0 bridgehead atoms. The lowest BCUT2D eigenvalue weighted by Crippen LogP contribution is -2.17. The second-order valence-electron chi connectivity index (χ2n) is 2.96. The maximum Gasteiger partial charge on any atom is 0.0398 e. The van der Waals surface area contributed by atoms with Crippen molar-refractivity contribution in [1.29, 1.82) is 0 Å². The zero-order valence-electron chi connectivity index (χ0n) is 6.02. The average Bonchev–Trinajstić information content (AvgIpc) is 1.62. The van der Waals surface area contributed by atoms with Gasteiger partial charge in [-0.1, -0.05) is 20.8 Å². The van der Waals surface area contributed by atoms with E-state index in [1.807, 2.05) is 6.92 Å². The molecule has 0 spiro atoms. The van der Waals surface area contributed by atoms with Crippen LogP contribution in [0.4, 0.5) is 0 Å². The molecule has 2 heteroatoms. The molecule has 2 nitrogen and oxygen atoms in total. The van der Waals surface area contributed by atoms with E-state index in [4.69, 9.17) is 5.84 Å². The SMILES string of the molecule is CC(=NN)C(C)(C)C. The van der Waals surface area contributed by atoms with Crippen LogP contribution in [-0.2, 0) is 0 Å². The first-order valence-electron chi connectivity index (χ1n) is 2.73. The van der Waals surface area contributed by atoms with Crippen molar-refractivity contribution in [3.05, 3.63) is 0 Å². The summed E-state index contributed by atoms with van der Waals surface area (Å²) in [5.74, 6) is 5.05. The molecule has 0 rings (SSSR count). The topological polar surface area (TPSA) is 38.4 Å². The van der Waals surface area contributed by atoms with Crippen molar-refractivity contribution in [2.45, 2.75) is 27.7 Å². The molecule has 2 N–H and O–H groups in total. The second-order valence-corrected chi connectivity index (χ2v) is 2.96. The summed E-state index contributed by atoms with van der Waals surface area (Å²) in [6.07, 6.45) is 0. The molecule has 0 aromatic rings. The Hall–Kier alpha value is -0.530. The van der Waals surface area contributed by atoms with E-state index in [0.717, 1.165) is 5.71 Å². The summed E-state index contributed by atoms with van der Waals surface area (Å²) < 4.78 is 0. The lowest BCUT2D eigenvalue weighted by atomic mass is 9.91. The minimum absolute atomic E-state index is 0.134. The molecule has 0 fully saturated rings. The van der Waals surface area contributed by atoms with Gasteiger partial charge in [0.15, 0.2) is 0 Å². The van der Waals surface area contributed by atoms with Crippen LogP contribution >= 0.6 is 0 Å². The lowest BCUT2D eigenvalue weighted by molar-refractivity contribution is 0.585. The van der Waals surface area contributed by atoms with Crippen LogP contribution in [0.15, 0.2) is 5.10 Å². The molecule has 0 aliphatic carbocycles. The quantitative estimate of drug-likeness (QED) is 0.288. The van der Waals surface area contributed by atoms with E-state index in [9.17, 15) is 0 Å². The molecule has 0 radical (unpaired) electrons. The Balaban J connectivity index is 4.03. The summed E-state index contributed by atoms with van der Waals surface area (Å²) in [4.78, 5) is 0. The van der Waals surface area contributed by atoms with Gasteiger partial charge in [0.2, 0.25) is 0 Å². The van der Waals surface area contributed by atoms with E-state index in [1.165, 1.54) is 0 Å². The molecule has 0 heterocycles. The molecule has 0 atom stereocenters. The van der Waals surface area contributed by atoms with Gasteiger partial charge in [0.1, 0.15) is 0 Å². The maximum atomic E-state index is 5.05. The summed E-state index contributed by atoms with van der Waals surface area (Å²) in [5.41, 5.74) is 1.12. The first-order valence-corrected chi connectivity index (χ1v) is 2.73. The molecular weight excluding hydrogens is 100 g/mol. The van der Waals surface area contributed by atoms with E-state index in [0.29, 0.717) is 0 Å². The molecule has 0 aromatic carbocycles. The molecule has 0 saturated carbocycles. The molecule has 0 unspecified atom stereocenters. The maximum absolute atomic E-state index is 5.05. The smallest absolute Gasteiger partial charge is 0.0398 e. The fourth-order valence-electron chi connectivity index (χ4n) is 0.194. The Kier molecular flexibility index (Phi) is 2.02. The Morgan fingerprint density at radius 2 is 1.75 bits per heavy atom. The van der Waals surface area contributed by atoms with E-state index in [1.54, 1.807) is 0 Å². The van der Waals surface area contributed by atoms with Crippen molar-refractivity contribution in [3.8, 4) is 0 Å². The van der Waals surface area contributed by atoms with Crippen LogP contribution in [0.2, 0.25) is 0 Å². The van der Waals surface area contributed by atoms with Crippen LogP contribution in [0.25, 0.3) is 0 Å². The predicted octanol–water partition coefficient (Wildman–Crippen LogP) is 1.37. The molecule has 0 amide bonds. The van der Waals surface area contributed by atoms with Gasteiger partial charge < -0.3 is 5.84 Å². The van der Waals surface area contributed by atoms with Crippen LogP contribution in [-0.4, -0.2) is 5.71 Å². The van der Waals surface area contributed by atoms with E-state index >= 15 is 0 Å². The fraction of sp³-hybridized carbons (Fsp3) is 0.833. The standard InChI is InChI=1S/C6H14N2/c1-5(8-7)6(2,3)4/h7H2,1-4H3. The van der Waals surface area contributed by atoms with Gasteiger partial charge >= 0.3 is 0 Å². The monoisotopic (exact) mass is 114 g/mol. The molecule has 0 aromatic heterocycles. The summed E-state index contributed by atoms with van der Waals surface area (Å²) in [5, 5.41) is 3.58. The number of hydrogen-bond acceptors (Lipinski definition) is 2. The van der Waals surface area contributed by atoms with Crippen molar-refractivity contribution >= 4 is 5.71 Å². The van der Waals surface area contributed by atoms with Crippen LogP contribution in [0.1, 0.15) is 27.7 Å². The van der Waals surface area contributed by atoms with E-state index in [-0.39, 0.29) is 5.41 Å². The molecule has 8 heavy (non-hydrogen) atoms. The van der Waals surface area contributed by atoms with Crippen LogP contribution in [0.3, 0.4) is 0 Å². The van der Waals surface area contributed by atoms with Crippen molar-refractivity contribution < 1.29 is 0 Å². The van der Waals surface area contributed by atoms with Crippen molar-refractivity contribution in [3.63, 3.8) is 0 Å². The Morgan fingerprint density at radius 1 is 1.38 bits per heavy atom. The predicted molar refractivity (Wildman–Crippen MR) is 36.8 cm³/mol. The number of hydrazone groups is 1. The summed E-state index contributed by atoms with van der Waals surface area (Å²) in [7, 11) is 0. The second kappa shape index (κ2) is 2.16. The first kappa shape index (κ1) is 7.47. The number of rotatable bonds is 0. The normalized spacial score (nSPS) is 14.2. The van der Waals surface area contributed by atoms with Gasteiger partial charge in [-0.15, -0.1) is 0 Å². The molecular formula is C6H14N2. The summed E-state index contributed by atoms with van der Waals surface area (Å²) in [6, 6.07) is 0. The third-order valence-corrected chi connectivity index (χ3v) is 1.28. The van der Waals surface area contributed by atoms with Gasteiger partial charge in [-0.25, -0.2) is 0 Å². The van der Waals surface area contributed by atoms with E-state index < -0.39 is 0 Å². The van der Waals surface area contributed by atoms with Gasteiger partial charge in [-0.2, -0.15) is 5.10 Å². The Labute approximate surface area is 50.8 Å². The highest BCUT2D eigenvalue weighted by Crippen LogP contribution is 2.14. The van der Waals surface area contributed by atoms with Gasteiger partial charge in [-0.3, -0.25) is 0 Å². The van der Waals surface area contributed by atoms with Crippen molar-refractivity contribution in [2.75, 3.05) is 0 Å². The summed E-state index contributed by atoms with van der Waals surface area (Å²) in [6.45, 7) is 8.18. The van der Waals surface area contributed by atoms with Crippen molar-refractivity contribution in [2.24, 2.45) is 16.4 Å². The van der Waals surface area contributed by atoms with E-state index in [2.05, 4.69) is 25.9 Å². The van der Waals surface area contributed by atoms with Crippen LogP contribution < -0.4 is 5.84 Å². The van der Waals surface area contributed by atoms with Gasteiger partial charge in [0.05, 0.1) is 0 Å². The fourth-order valence-corrected chi connectivity index (χ4v) is 0.194. The van der Waals surface area contributed by atoms with Crippen LogP contribution in [0.5, 0.6) is 0 Å². The highest BCUT2D eigenvalue weighted by molar-refractivity contribution is 5.86. The summed E-state index contributed by atoms with van der Waals surface area (Å²) >= 11 is 0. The zero-order chi connectivity index (χ0) is 6.78. The zero-order valence-corrected chi connectivity index (χ0v) is 6.02. The Morgan fingerprint density at radius 3 is 1.75 bits per heavy atom. The first-order chi connectivity index (χ1) is 3.48. The molecule has 0 saturated heterocycles. The Bertz CT molecular complexity index is 97.6. The van der Waals surface area contributed by atoms with Crippen LogP contribution in [0, 0.1) is 5.41 Å². The third-order valence-electron chi connectivity index (χ3n) is 1.28. The highest BCUT2D eigenvalue weighted by atomic mass is 15.1. The highest BCUT2D eigenvalue weighted by Gasteiger charge is 2.12. The van der Waals surface area contributed by atoms with Gasteiger partial charge in [0.25, 0.3) is 0 Å². The lowest BCUT2D eigenvalue weighted by Gasteiger charge is -2.15. The number of nitrogens with two attached hydrogens (primary N) is 1. The number of hydrogen-bond donors (Lipinski definition) is 1.